The summed E-state index contributed by atoms with van der Waals surface area (Å²) in [6, 6.07) is 11.2. The lowest BCUT2D eigenvalue weighted by atomic mass is 9.90. The number of carbonyl (C=O) groups is 1. The van der Waals surface area contributed by atoms with Crippen molar-refractivity contribution in [2.45, 2.75) is 18.6 Å². The van der Waals surface area contributed by atoms with Crippen LogP contribution in [0.15, 0.2) is 54.2 Å². The quantitative estimate of drug-likeness (QED) is 0.454. The summed E-state index contributed by atoms with van der Waals surface area (Å²) in [5, 5.41) is 21.2. The summed E-state index contributed by atoms with van der Waals surface area (Å²) in [4.78, 5) is 27.6. The normalized spacial score (nSPS) is 18.2. The van der Waals surface area contributed by atoms with Crippen LogP contribution in [0.25, 0.3) is 22.0 Å². The third kappa shape index (κ3) is 4.10. The summed E-state index contributed by atoms with van der Waals surface area (Å²) in [5.41, 5.74) is 2.33. The van der Waals surface area contributed by atoms with Crippen molar-refractivity contribution in [3.05, 3.63) is 65.4 Å². The maximum atomic E-state index is 12.5. The van der Waals surface area contributed by atoms with Crippen molar-refractivity contribution in [2.24, 2.45) is 7.05 Å². The standard InChI is InChI=1S/C23H23N7O2S/c1-29-11-8-23(32,21(29)31)16-5-3-4-15(12-16)19-14-33-20(26-19)18-6-9-24-22(27-18)25-13-17-7-10-30(2)28-17/h3-7,9-10,12,14,32H,8,11,13H2,1-2H3,(H,24,25,27)/t23-/m1/s1. The average molecular weight is 462 g/mol. The fourth-order valence-electron chi connectivity index (χ4n) is 3.87. The number of nitrogens with one attached hydrogen (secondary N) is 1. The van der Waals surface area contributed by atoms with Gasteiger partial charge in [0, 0.05) is 50.4 Å². The number of aryl methyl sites for hydroxylation is 1. The SMILES string of the molecule is CN1CC[C@@](O)(c2cccc(-c3csc(-c4ccnc(NCc5ccn(C)n5)n4)n3)c2)C1=O. The van der Waals surface area contributed by atoms with Gasteiger partial charge in [-0.2, -0.15) is 5.10 Å². The molecular weight excluding hydrogens is 438 g/mol. The molecule has 0 aliphatic carbocycles. The fraction of sp³-hybridized carbons (Fsp3) is 0.261. The van der Waals surface area contributed by atoms with Crippen LogP contribution in [0.4, 0.5) is 5.95 Å². The minimum absolute atomic E-state index is 0.273. The second-order valence-corrected chi connectivity index (χ2v) is 8.91. The van der Waals surface area contributed by atoms with E-state index in [4.69, 9.17) is 4.98 Å². The Morgan fingerprint density at radius 2 is 2.06 bits per heavy atom. The Labute approximate surface area is 194 Å². The van der Waals surface area contributed by atoms with Crippen molar-refractivity contribution < 1.29 is 9.90 Å². The Balaban J connectivity index is 1.36. The summed E-state index contributed by atoms with van der Waals surface area (Å²) >= 11 is 1.48. The second-order valence-electron chi connectivity index (χ2n) is 8.06. The predicted molar refractivity (Wildman–Crippen MR) is 125 cm³/mol. The Bertz CT molecular complexity index is 1320. The molecule has 168 valence electrons. The molecule has 0 spiro atoms. The zero-order chi connectivity index (χ0) is 23.0. The molecule has 33 heavy (non-hydrogen) atoms. The molecule has 5 rings (SSSR count). The van der Waals surface area contributed by atoms with Gasteiger partial charge in [0.05, 0.1) is 17.9 Å². The Morgan fingerprint density at radius 1 is 1.18 bits per heavy atom. The Hall–Kier alpha value is -3.63. The molecule has 0 bridgehead atoms. The number of aliphatic hydroxyl groups is 1. The lowest BCUT2D eigenvalue weighted by Gasteiger charge is -2.21. The van der Waals surface area contributed by atoms with Gasteiger partial charge in [-0.05, 0) is 23.8 Å². The van der Waals surface area contributed by atoms with Crippen LogP contribution in [0.1, 0.15) is 17.7 Å². The van der Waals surface area contributed by atoms with Gasteiger partial charge < -0.3 is 15.3 Å². The first kappa shape index (κ1) is 21.2. The van der Waals surface area contributed by atoms with E-state index in [2.05, 4.69) is 20.4 Å². The highest BCUT2D eigenvalue weighted by Crippen LogP contribution is 2.35. The lowest BCUT2D eigenvalue weighted by molar-refractivity contribution is -0.143. The topological polar surface area (TPSA) is 109 Å². The van der Waals surface area contributed by atoms with Crippen molar-refractivity contribution in [3.8, 4) is 22.0 Å². The monoisotopic (exact) mass is 461 g/mol. The zero-order valence-corrected chi connectivity index (χ0v) is 19.1. The highest BCUT2D eigenvalue weighted by atomic mass is 32.1. The molecule has 1 aliphatic rings. The molecule has 9 nitrogen and oxygen atoms in total. The summed E-state index contributed by atoms with van der Waals surface area (Å²) in [6.07, 6.45) is 3.96. The predicted octanol–water partition coefficient (Wildman–Crippen LogP) is 2.66. The summed E-state index contributed by atoms with van der Waals surface area (Å²) in [6.45, 7) is 1.06. The molecule has 1 amide bonds. The molecule has 2 N–H and O–H groups in total. The first-order valence-electron chi connectivity index (χ1n) is 10.5. The van der Waals surface area contributed by atoms with E-state index in [1.165, 1.54) is 11.3 Å². The molecule has 4 heterocycles. The van der Waals surface area contributed by atoms with Gasteiger partial charge in [0.15, 0.2) is 5.60 Å². The third-order valence-corrected chi connectivity index (χ3v) is 6.59. The van der Waals surface area contributed by atoms with Crippen LogP contribution >= 0.6 is 11.3 Å². The van der Waals surface area contributed by atoms with E-state index in [1.807, 2.05) is 49.0 Å². The summed E-state index contributed by atoms with van der Waals surface area (Å²) in [7, 11) is 3.58. The van der Waals surface area contributed by atoms with Crippen molar-refractivity contribution in [1.29, 1.82) is 0 Å². The average Bonchev–Trinajstić information content (AvgIpc) is 3.55. The van der Waals surface area contributed by atoms with E-state index >= 15 is 0 Å². The largest absolute Gasteiger partial charge is 0.375 e. The number of amides is 1. The molecule has 0 unspecified atom stereocenters. The Kier molecular flexibility index (Phi) is 5.39. The number of thiazole rings is 1. The van der Waals surface area contributed by atoms with Crippen LogP contribution < -0.4 is 5.32 Å². The van der Waals surface area contributed by atoms with Crippen LogP contribution in [0.5, 0.6) is 0 Å². The number of hydrogen-bond acceptors (Lipinski definition) is 8. The Morgan fingerprint density at radius 3 is 2.82 bits per heavy atom. The van der Waals surface area contributed by atoms with Crippen LogP contribution in [-0.2, 0) is 24.0 Å². The number of hydrogen-bond donors (Lipinski definition) is 2. The number of benzene rings is 1. The highest BCUT2D eigenvalue weighted by Gasteiger charge is 2.45. The number of likely N-dealkylation sites (tertiary alicyclic amines) is 1. The van der Waals surface area contributed by atoms with E-state index in [0.29, 0.717) is 36.7 Å². The number of anilines is 1. The molecule has 0 radical (unpaired) electrons. The molecule has 0 saturated carbocycles. The van der Waals surface area contributed by atoms with Gasteiger partial charge in [-0.25, -0.2) is 15.0 Å². The van der Waals surface area contributed by atoms with Gasteiger partial charge >= 0.3 is 0 Å². The van der Waals surface area contributed by atoms with E-state index in [9.17, 15) is 9.90 Å². The van der Waals surface area contributed by atoms with Crippen LogP contribution in [-0.4, -0.2) is 54.2 Å². The first-order valence-corrected chi connectivity index (χ1v) is 11.4. The van der Waals surface area contributed by atoms with Crippen molar-refractivity contribution in [1.82, 2.24) is 29.6 Å². The molecule has 10 heteroatoms. The lowest BCUT2D eigenvalue weighted by Crippen LogP contribution is -2.36. The van der Waals surface area contributed by atoms with Crippen LogP contribution in [0.2, 0.25) is 0 Å². The molecule has 1 saturated heterocycles. The number of carbonyl (C=O) groups excluding carboxylic acids is 1. The number of nitrogens with zero attached hydrogens (tertiary/aromatic N) is 6. The molecule has 4 aromatic rings. The third-order valence-electron chi connectivity index (χ3n) is 5.72. The zero-order valence-electron chi connectivity index (χ0n) is 18.3. The van der Waals surface area contributed by atoms with E-state index < -0.39 is 5.60 Å². The van der Waals surface area contributed by atoms with Crippen molar-refractivity contribution in [2.75, 3.05) is 18.9 Å². The smallest absolute Gasteiger partial charge is 0.258 e. The first-order chi connectivity index (χ1) is 15.9. The minimum atomic E-state index is -1.48. The second kappa shape index (κ2) is 8.38. The van der Waals surface area contributed by atoms with Gasteiger partial charge in [0.1, 0.15) is 10.7 Å². The molecule has 1 fully saturated rings. The summed E-state index contributed by atoms with van der Waals surface area (Å²) < 4.78 is 1.75. The number of aromatic nitrogens is 5. The maximum absolute atomic E-state index is 12.5. The van der Waals surface area contributed by atoms with Gasteiger partial charge in [0.25, 0.3) is 5.91 Å². The molecule has 3 aromatic heterocycles. The van der Waals surface area contributed by atoms with E-state index in [0.717, 1.165) is 22.0 Å². The van der Waals surface area contributed by atoms with Crippen molar-refractivity contribution >= 4 is 23.2 Å². The highest BCUT2D eigenvalue weighted by molar-refractivity contribution is 7.13. The van der Waals surface area contributed by atoms with E-state index in [1.54, 1.807) is 28.9 Å². The van der Waals surface area contributed by atoms with Gasteiger partial charge in [0.2, 0.25) is 5.95 Å². The maximum Gasteiger partial charge on any atom is 0.258 e. The van der Waals surface area contributed by atoms with Crippen LogP contribution in [0, 0.1) is 0 Å². The number of rotatable bonds is 6. The summed E-state index contributed by atoms with van der Waals surface area (Å²) in [5.74, 6) is 0.230. The fourth-order valence-corrected chi connectivity index (χ4v) is 4.67. The molecule has 1 atom stereocenters. The van der Waals surface area contributed by atoms with Gasteiger partial charge in [-0.3, -0.25) is 9.48 Å². The van der Waals surface area contributed by atoms with Crippen LogP contribution in [0.3, 0.4) is 0 Å². The van der Waals surface area contributed by atoms with Crippen molar-refractivity contribution in [3.63, 3.8) is 0 Å². The minimum Gasteiger partial charge on any atom is -0.375 e. The van der Waals surface area contributed by atoms with Gasteiger partial charge in [-0.1, -0.05) is 18.2 Å². The van der Waals surface area contributed by atoms with Gasteiger partial charge in [-0.15, -0.1) is 11.3 Å². The molecular formula is C23H23N7O2S. The molecule has 1 aliphatic heterocycles. The van der Waals surface area contributed by atoms with E-state index in [-0.39, 0.29) is 5.91 Å². The number of likely N-dealkylation sites (N-methyl/N-ethyl adjacent to an activating group) is 1. The molecule has 1 aromatic carbocycles.